The monoisotopic (exact) mass is 670 g/mol. The van der Waals surface area contributed by atoms with Gasteiger partial charge in [-0.25, -0.2) is 13.2 Å². The number of hydrogen-bond acceptors (Lipinski definition) is 6. The lowest BCUT2D eigenvalue weighted by Crippen LogP contribution is -2.41. The van der Waals surface area contributed by atoms with Crippen LogP contribution in [0.25, 0.3) is 16.8 Å². The van der Waals surface area contributed by atoms with E-state index in [1.807, 2.05) is 0 Å². The highest BCUT2D eigenvalue weighted by atomic mass is 19.4. The fourth-order valence-corrected chi connectivity index (χ4v) is 5.61. The highest BCUT2D eigenvalue weighted by molar-refractivity contribution is 6.62. The molecule has 3 heterocycles. The minimum Gasteiger partial charge on any atom is -0.399 e. The number of hydrogen-bond donors (Lipinski definition) is 1. The number of halogens is 6. The summed E-state index contributed by atoms with van der Waals surface area (Å²) < 4.78 is 97.7. The maximum atomic E-state index is 14.4. The second-order valence-electron chi connectivity index (χ2n) is 12.8. The number of nitrogens with zero attached hydrogens (tertiary/aromatic N) is 3. The van der Waals surface area contributed by atoms with E-state index in [1.165, 1.54) is 24.4 Å². The quantitative estimate of drug-likeness (QED) is 0.151. The van der Waals surface area contributed by atoms with E-state index in [4.69, 9.17) is 15.0 Å². The van der Waals surface area contributed by atoms with Crippen LogP contribution >= 0.6 is 0 Å². The lowest BCUT2D eigenvalue weighted by molar-refractivity contribution is -0.141. The molecule has 2 aromatic carbocycles. The van der Waals surface area contributed by atoms with Crippen molar-refractivity contribution in [2.24, 2.45) is 5.73 Å². The van der Waals surface area contributed by atoms with Gasteiger partial charge in [0.25, 0.3) is 0 Å². The normalized spacial score (nSPS) is 16.2. The Labute approximate surface area is 273 Å². The molecular formula is C34H33BF6N4O3. The molecule has 48 heavy (non-hydrogen) atoms. The third-order valence-electron chi connectivity index (χ3n) is 8.63. The van der Waals surface area contributed by atoms with Crippen LogP contribution in [0.5, 0.6) is 0 Å². The molecule has 0 amide bonds. The number of carbonyl (C=O) groups is 1. The molecule has 0 bridgehead atoms. The van der Waals surface area contributed by atoms with Crippen molar-refractivity contribution in [1.82, 2.24) is 14.8 Å². The molecule has 0 radical (unpaired) electrons. The molecule has 0 unspecified atom stereocenters. The van der Waals surface area contributed by atoms with Gasteiger partial charge in [0.15, 0.2) is 11.5 Å². The zero-order valence-corrected chi connectivity index (χ0v) is 26.7. The smallest absolute Gasteiger partial charge is 0.399 e. The van der Waals surface area contributed by atoms with Crippen molar-refractivity contribution in [1.29, 1.82) is 0 Å². The Morgan fingerprint density at radius 1 is 1.02 bits per heavy atom. The van der Waals surface area contributed by atoms with Crippen LogP contribution in [0.3, 0.4) is 0 Å². The second kappa shape index (κ2) is 12.9. The highest BCUT2D eigenvalue weighted by Gasteiger charge is 2.54. The molecule has 1 fully saturated rings. The summed E-state index contributed by atoms with van der Waals surface area (Å²) in [6.45, 7) is 9.83. The van der Waals surface area contributed by atoms with Crippen molar-refractivity contribution in [2.75, 3.05) is 0 Å². The molecule has 0 aliphatic carbocycles. The Morgan fingerprint density at radius 2 is 1.67 bits per heavy atom. The topological polar surface area (TPSA) is 92.3 Å². The molecular weight excluding hydrogens is 637 g/mol. The fourth-order valence-electron chi connectivity index (χ4n) is 5.61. The first-order chi connectivity index (χ1) is 22.3. The van der Waals surface area contributed by atoms with Gasteiger partial charge in [-0.2, -0.15) is 18.3 Å². The van der Waals surface area contributed by atoms with Crippen molar-refractivity contribution >= 4 is 24.1 Å². The van der Waals surface area contributed by atoms with Gasteiger partial charge < -0.3 is 15.0 Å². The number of rotatable bonds is 10. The summed E-state index contributed by atoms with van der Waals surface area (Å²) in [7, 11) is -1.38. The van der Waals surface area contributed by atoms with E-state index in [1.54, 1.807) is 39.8 Å². The summed E-state index contributed by atoms with van der Waals surface area (Å²) in [5.74, 6) is -3.61. The number of aromatic nitrogens is 3. The van der Waals surface area contributed by atoms with Crippen LogP contribution in [0.2, 0.25) is 0 Å². The third kappa shape index (κ3) is 7.34. The van der Waals surface area contributed by atoms with Crippen molar-refractivity contribution in [3.8, 4) is 11.1 Å². The molecule has 1 atom stereocenters. The Bertz CT molecular complexity index is 1840. The first kappa shape index (κ1) is 34.9. The number of alkyl halides is 3. The van der Waals surface area contributed by atoms with Crippen molar-refractivity contribution in [3.63, 3.8) is 0 Å². The van der Waals surface area contributed by atoms with Crippen LogP contribution in [0, 0.1) is 17.5 Å². The lowest BCUT2D eigenvalue weighted by Gasteiger charge is -2.32. The minimum atomic E-state index is -4.87. The average Bonchev–Trinajstić information content (AvgIpc) is 3.49. The summed E-state index contributed by atoms with van der Waals surface area (Å²) in [5, 5.41) is 3.69. The van der Waals surface area contributed by atoms with Crippen LogP contribution in [-0.2, 0) is 33.2 Å². The zero-order chi connectivity index (χ0) is 35.2. The van der Waals surface area contributed by atoms with Crippen molar-refractivity contribution < 1.29 is 40.4 Å². The Hall–Kier alpha value is -4.43. The van der Waals surface area contributed by atoms with E-state index in [-0.39, 0.29) is 35.1 Å². The largest absolute Gasteiger partial charge is 0.498 e. The van der Waals surface area contributed by atoms with Crippen LogP contribution < -0.4 is 11.2 Å². The van der Waals surface area contributed by atoms with Crippen LogP contribution in [0.1, 0.15) is 62.5 Å². The van der Waals surface area contributed by atoms with Gasteiger partial charge in [0.05, 0.1) is 23.4 Å². The maximum absolute atomic E-state index is 14.4. The second-order valence-corrected chi connectivity index (χ2v) is 12.8. The lowest BCUT2D eigenvalue weighted by atomic mass is 9.79. The molecule has 2 aromatic heterocycles. The first-order valence-electron chi connectivity index (χ1n) is 15.0. The van der Waals surface area contributed by atoms with Gasteiger partial charge in [-0.05, 0) is 75.6 Å². The third-order valence-corrected chi connectivity index (χ3v) is 8.63. The van der Waals surface area contributed by atoms with E-state index in [2.05, 4.69) is 16.7 Å². The molecule has 4 aromatic rings. The van der Waals surface area contributed by atoms with Crippen molar-refractivity contribution in [2.45, 2.75) is 70.4 Å². The van der Waals surface area contributed by atoms with Gasteiger partial charge in [-0.3, -0.25) is 14.5 Å². The van der Waals surface area contributed by atoms with Gasteiger partial charge in [-0.15, -0.1) is 0 Å². The number of Topliss-reactive ketones (excluding diaryl/α,β-unsaturated/α-hetero) is 1. The van der Waals surface area contributed by atoms with Gasteiger partial charge in [-0.1, -0.05) is 18.7 Å². The molecule has 2 N–H and O–H groups in total. The standard InChI is InChI=1S/C34H33BF6N4O3/c1-19(42)27-15-21(8-9-29(27)38)26-7-6-10-43-30(26)22(11-20-12-23(36)16-24(37)13-20)14-25(46)17-45-18-28(31(44-45)34(39,40)41)35-47-32(2,3)33(4,5)48-35/h6-10,12-13,15-16,18,22H,1,11,14,17,42H2,2-5H3/t22-/m1/s1. The van der Waals surface area contributed by atoms with E-state index < -0.39 is 65.9 Å². The molecule has 1 aliphatic heterocycles. The predicted molar refractivity (Wildman–Crippen MR) is 168 cm³/mol. The number of nitrogens with two attached hydrogens (primary N) is 1. The average molecular weight is 670 g/mol. The molecule has 1 aliphatic rings. The molecule has 0 spiro atoms. The fraction of sp³-hybridized carbons (Fsp3) is 0.324. The molecule has 14 heteroatoms. The van der Waals surface area contributed by atoms with Crippen LogP contribution in [-0.4, -0.2) is 38.9 Å². The number of benzene rings is 2. The van der Waals surface area contributed by atoms with E-state index in [9.17, 15) is 31.1 Å². The number of ketones is 1. The van der Waals surface area contributed by atoms with Gasteiger partial charge in [0, 0.05) is 53.1 Å². The van der Waals surface area contributed by atoms with Gasteiger partial charge >= 0.3 is 13.3 Å². The molecule has 7 nitrogen and oxygen atoms in total. The summed E-state index contributed by atoms with van der Waals surface area (Å²) in [4.78, 5) is 18.1. The Kier molecular flexibility index (Phi) is 9.37. The van der Waals surface area contributed by atoms with Crippen LogP contribution in [0.15, 0.2) is 67.5 Å². The van der Waals surface area contributed by atoms with E-state index >= 15 is 0 Å². The predicted octanol–water partition coefficient (Wildman–Crippen LogP) is 6.60. The van der Waals surface area contributed by atoms with Crippen LogP contribution in [0.4, 0.5) is 26.3 Å². The van der Waals surface area contributed by atoms with E-state index in [0.717, 1.165) is 23.0 Å². The summed E-state index contributed by atoms with van der Waals surface area (Å²) in [5.41, 5.74) is 3.87. The molecule has 1 saturated heterocycles. The van der Waals surface area contributed by atoms with E-state index in [0.29, 0.717) is 22.9 Å². The van der Waals surface area contributed by atoms with Gasteiger partial charge in [0.2, 0.25) is 0 Å². The molecule has 0 saturated carbocycles. The summed E-state index contributed by atoms with van der Waals surface area (Å²) in [6.07, 6.45) is -2.69. The highest BCUT2D eigenvalue weighted by Crippen LogP contribution is 2.38. The first-order valence-corrected chi connectivity index (χ1v) is 15.0. The molecule has 5 rings (SSSR count). The number of carbonyl (C=O) groups excluding carboxylic acids is 1. The minimum absolute atomic E-state index is 0.0147. The zero-order valence-electron chi connectivity index (χ0n) is 26.7. The Morgan fingerprint density at radius 3 is 2.27 bits per heavy atom. The maximum Gasteiger partial charge on any atom is 0.498 e. The Balaban J connectivity index is 1.50. The number of pyridine rings is 1. The summed E-state index contributed by atoms with van der Waals surface area (Å²) in [6, 6.07) is 10.4. The SMILES string of the molecule is C=C(N)c1cc(-c2cccnc2[C@@H](CC(=O)Cn2cc(B3OC(C)(C)C(C)(C)O3)c(C(F)(F)F)n2)Cc2cc(F)cc(F)c2)ccc1F. The van der Waals surface area contributed by atoms with Gasteiger partial charge in [0.1, 0.15) is 17.5 Å². The molecule has 252 valence electrons. The van der Waals surface area contributed by atoms with Crippen molar-refractivity contribution in [3.05, 3.63) is 107 Å². The summed E-state index contributed by atoms with van der Waals surface area (Å²) >= 11 is 0.